The van der Waals surface area contributed by atoms with Crippen molar-refractivity contribution in [1.29, 1.82) is 0 Å². The molecule has 8 nitrogen and oxygen atoms in total. The molecule has 2 heterocycles. The van der Waals surface area contributed by atoms with E-state index >= 15 is 0 Å². The molecule has 1 saturated heterocycles. The number of amides is 2. The van der Waals surface area contributed by atoms with E-state index in [0.29, 0.717) is 0 Å². The second-order valence-corrected chi connectivity index (χ2v) is 4.48. The predicted octanol–water partition coefficient (Wildman–Crippen LogP) is -1.97. The summed E-state index contributed by atoms with van der Waals surface area (Å²) in [4.78, 5) is 55.2. The number of hydrogen-bond donors (Lipinski definition) is 1. The van der Waals surface area contributed by atoms with Crippen LogP contribution in [0.3, 0.4) is 0 Å². The van der Waals surface area contributed by atoms with Crippen molar-refractivity contribution in [3.63, 3.8) is 0 Å². The molecule has 1 aromatic heterocycles. The molecule has 0 aliphatic carbocycles. The van der Waals surface area contributed by atoms with Crippen molar-refractivity contribution in [2.45, 2.75) is 25.8 Å². The number of piperidine rings is 1. The molecular formula is C13H14N4O4. The molecule has 0 spiro atoms. The first-order valence-corrected chi connectivity index (χ1v) is 6.39. The molecule has 21 heavy (non-hydrogen) atoms. The van der Waals surface area contributed by atoms with Gasteiger partial charge in [-0.05, 0) is 13.3 Å². The van der Waals surface area contributed by atoms with Gasteiger partial charge < -0.3 is 0 Å². The maximum atomic E-state index is 12.3. The first-order valence-electron chi connectivity index (χ1n) is 6.39. The molecule has 1 aliphatic rings. The summed E-state index contributed by atoms with van der Waals surface area (Å²) >= 11 is 0. The second-order valence-electron chi connectivity index (χ2n) is 4.48. The van der Waals surface area contributed by atoms with Gasteiger partial charge in [0, 0.05) is 19.7 Å². The lowest BCUT2D eigenvalue weighted by Gasteiger charge is -2.20. The molecule has 1 atom stereocenters. The van der Waals surface area contributed by atoms with Gasteiger partial charge in [0.05, 0.1) is 0 Å². The van der Waals surface area contributed by atoms with Crippen molar-refractivity contribution in [3.8, 4) is 0 Å². The third-order valence-corrected chi connectivity index (χ3v) is 3.17. The first kappa shape index (κ1) is 14.8. The van der Waals surface area contributed by atoms with Gasteiger partial charge in [0.25, 0.3) is 11.1 Å². The van der Waals surface area contributed by atoms with Crippen LogP contribution in [0.2, 0.25) is 0 Å². The van der Waals surface area contributed by atoms with E-state index < -0.39 is 29.0 Å². The van der Waals surface area contributed by atoms with Crippen molar-refractivity contribution in [2.24, 2.45) is 9.98 Å². The Morgan fingerprint density at radius 1 is 1.19 bits per heavy atom. The number of allylic oxidation sites excluding steroid dienone is 1. The third kappa shape index (κ3) is 2.51. The summed E-state index contributed by atoms with van der Waals surface area (Å²) in [5.41, 5.74) is -1.34. The highest BCUT2D eigenvalue weighted by Crippen LogP contribution is 2.14. The minimum Gasteiger partial charge on any atom is -0.295 e. The number of aromatic nitrogens is 1. The molecule has 1 aromatic rings. The molecule has 1 fully saturated rings. The summed E-state index contributed by atoms with van der Waals surface area (Å²) in [6.45, 7) is 1.71. The molecule has 0 saturated carbocycles. The number of carbonyl (C=O) groups is 2. The Bertz CT molecular complexity index is 837. The van der Waals surface area contributed by atoms with Crippen LogP contribution in [0.15, 0.2) is 31.8 Å². The van der Waals surface area contributed by atoms with E-state index in [2.05, 4.69) is 15.3 Å². The van der Waals surface area contributed by atoms with E-state index in [0.717, 1.165) is 4.57 Å². The Hall–Kier alpha value is -2.64. The lowest BCUT2D eigenvalue weighted by Crippen LogP contribution is -2.47. The summed E-state index contributed by atoms with van der Waals surface area (Å²) in [6.07, 6.45) is 3.16. The van der Waals surface area contributed by atoms with Crippen molar-refractivity contribution in [2.75, 3.05) is 7.05 Å². The van der Waals surface area contributed by atoms with Crippen LogP contribution in [0.1, 0.15) is 25.8 Å². The Morgan fingerprint density at radius 3 is 2.43 bits per heavy atom. The van der Waals surface area contributed by atoms with Gasteiger partial charge in [0.1, 0.15) is 6.04 Å². The minimum atomic E-state index is -1.00. The molecule has 0 radical (unpaired) electrons. The Balaban J connectivity index is 2.70. The Labute approximate surface area is 118 Å². The van der Waals surface area contributed by atoms with Gasteiger partial charge >= 0.3 is 0 Å². The molecule has 110 valence electrons. The van der Waals surface area contributed by atoms with E-state index in [1.165, 1.54) is 13.2 Å². The van der Waals surface area contributed by atoms with E-state index in [1.54, 1.807) is 13.0 Å². The average molecular weight is 290 g/mol. The van der Waals surface area contributed by atoms with Crippen molar-refractivity contribution < 1.29 is 9.59 Å². The van der Waals surface area contributed by atoms with Crippen LogP contribution in [0, 0.1) is 0 Å². The number of carbonyl (C=O) groups excluding carboxylic acids is 2. The molecule has 2 rings (SSSR count). The fourth-order valence-corrected chi connectivity index (χ4v) is 2.20. The van der Waals surface area contributed by atoms with E-state index in [4.69, 9.17) is 0 Å². The largest absolute Gasteiger partial charge is 0.295 e. The summed E-state index contributed by atoms with van der Waals surface area (Å²) in [5, 5.41) is 1.95. The fraction of sp³-hybridized carbons (Fsp3) is 0.385. The van der Waals surface area contributed by atoms with Crippen LogP contribution >= 0.6 is 0 Å². The summed E-state index contributed by atoms with van der Waals surface area (Å²) in [6, 6.07) is -1.00. The lowest BCUT2D eigenvalue weighted by molar-refractivity contribution is -0.135. The van der Waals surface area contributed by atoms with Crippen molar-refractivity contribution in [3.05, 3.63) is 43.7 Å². The quantitative estimate of drug-likeness (QED) is 0.637. The van der Waals surface area contributed by atoms with Gasteiger partial charge in [-0.2, -0.15) is 0 Å². The molecule has 0 bridgehead atoms. The number of rotatable bonds is 2. The second kappa shape index (κ2) is 5.78. The highest BCUT2D eigenvalue weighted by atomic mass is 16.2. The Morgan fingerprint density at radius 2 is 1.86 bits per heavy atom. The molecule has 2 amide bonds. The smallest absolute Gasteiger partial charge is 0.282 e. The predicted molar refractivity (Wildman–Crippen MR) is 72.6 cm³/mol. The number of nitrogens with one attached hydrogen (secondary N) is 1. The maximum Gasteiger partial charge on any atom is 0.282 e. The van der Waals surface area contributed by atoms with Crippen LogP contribution in [0.4, 0.5) is 0 Å². The number of hydrogen-bond acceptors (Lipinski definition) is 6. The molecule has 1 unspecified atom stereocenters. The lowest BCUT2D eigenvalue weighted by atomic mass is 10.1. The zero-order valence-corrected chi connectivity index (χ0v) is 11.6. The standard InChI is InChI=1S/C13H14N4O4/c1-3-6-15-10-9(14-2)12(20)17(13(10)21)7-4-5-8(18)16-11(7)19/h3,6-7H,4-5H2,1-2H3,(H,16,18,19)/b6-3-,14-9?,15-10?. The molecule has 1 aliphatic heterocycles. The van der Waals surface area contributed by atoms with Gasteiger partial charge in [0.2, 0.25) is 11.8 Å². The van der Waals surface area contributed by atoms with Gasteiger partial charge in [-0.15, -0.1) is 0 Å². The third-order valence-electron chi connectivity index (χ3n) is 3.17. The highest BCUT2D eigenvalue weighted by molar-refractivity contribution is 5.99. The van der Waals surface area contributed by atoms with Crippen molar-refractivity contribution in [1.82, 2.24) is 9.88 Å². The van der Waals surface area contributed by atoms with E-state index in [-0.39, 0.29) is 23.6 Å². The highest BCUT2D eigenvalue weighted by Gasteiger charge is 2.31. The maximum absolute atomic E-state index is 12.3. The average Bonchev–Trinajstić information content (AvgIpc) is 2.68. The van der Waals surface area contributed by atoms with E-state index in [9.17, 15) is 19.2 Å². The van der Waals surface area contributed by atoms with Gasteiger partial charge in [0.15, 0.2) is 10.7 Å². The van der Waals surface area contributed by atoms with Crippen LogP contribution in [-0.4, -0.2) is 23.4 Å². The molecule has 1 N–H and O–H groups in total. The topological polar surface area (TPSA) is 110 Å². The Kier molecular flexibility index (Phi) is 4.06. The van der Waals surface area contributed by atoms with E-state index in [1.807, 2.05) is 0 Å². The SMILES string of the molecule is C/C=C\N=c1c(=NC)c(=O)n(C2CCC(=O)NC2=O)c1=O. The normalized spacial score (nSPS) is 21.3. The molecule has 8 heteroatoms. The zero-order chi connectivity index (χ0) is 15.6. The van der Waals surface area contributed by atoms with Crippen LogP contribution in [0.5, 0.6) is 0 Å². The minimum absolute atomic E-state index is 0.0768. The fourth-order valence-electron chi connectivity index (χ4n) is 2.20. The summed E-state index contributed by atoms with van der Waals surface area (Å²) in [7, 11) is 1.37. The molecular weight excluding hydrogens is 276 g/mol. The van der Waals surface area contributed by atoms with Gasteiger partial charge in [-0.25, -0.2) is 4.99 Å². The van der Waals surface area contributed by atoms with Crippen LogP contribution < -0.4 is 27.1 Å². The number of imide groups is 1. The van der Waals surface area contributed by atoms with Crippen LogP contribution in [-0.2, 0) is 9.59 Å². The monoisotopic (exact) mass is 290 g/mol. The molecule has 0 aromatic carbocycles. The summed E-state index contributed by atoms with van der Waals surface area (Å²) < 4.78 is 0.826. The first-order chi connectivity index (χ1) is 10.0. The van der Waals surface area contributed by atoms with Gasteiger partial charge in [-0.3, -0.25) is 34.1 Å². The van der Waals surface area contributed by atoms with Gasteiger partial charge in [-0.1, -0.05) is 6.08 Å². The number of nitrogens with zero attached hydrogens (tertiary/aromatic N) is 3. The zero-order valence-electron chi connectivity index (χ0n) is 11.6. The summed E-state index contributed by atoms with van der Waals surface area (Å²) in [5.74, 6) is -1.07. The van der Waals surface area contributed by atoms with Crippen LogP contribution in [0.25, 0.3) is 0 Å². The van der Waals surface area contributed by atoms with Crippen molar-refractivity contribution >= 4 is 11.8 Å².